The quantitative estimate of drug-likeness (QED) is 0.617. The average Bonchev–Trinajstić information content (AvgIpc) is 2.47. The summed E-state index contributed by atoms with van der Waals surface area (Å²) in [4.78, 5) is 0. The Labute approximate surface area is 86.0 Å². The molecule has 0 spiro atoms. The minimum Gasteiger partial charge on any atom is -0.0698 e. The fourth-order valence-electron chi connectivity index (χ4n) is 2.05. The van der Waals surface area contributed by atoms with Crippen LogP contribution in [0.2, 0.25) is 0 Å². The molecule has 0 N–H and O–H groups in total. The second-order valence-corrected chi connectivity index (χ2v) is 4.05. The zero-order valence-electron chi connectivity index (χ0n) is 9.04. The van der Waals surface area contributed by atoms with Crippen molar-refractivity contribution in [1.82, 2.24) is 0 Å². The van der Waals surface area contributed by atoms with Gasteiger partial charge in [-0.15, -0.1) is 0 Å². The van der Waals surface area contributed by atoms with Gasteiger partial charge in [0.05, 0.1) is 0 Å². The summed E-state index contributed by atoms with van der Waals surface area (Å²) in [5, 5.41) is 0. The van der Waals surface area contributed by atoms with Crippen molar-refractivity contribution in [3.8, 4) is 0 Å². The van der Waals surface area contributed by atoms with Gasteiger partial charge in [0.2, 0.25) is 0 Å². The Hall–Kier alpha value is -1.30. The minimum absolute atomic E-state index is 0.510. The zero-order chi connectivity index (χ0) is 10.1. The molecule has 0 saturated heterocycles. The van der Waals surface area contributed by atoms with Gasteiger partial charge in [-0.25, -0.2) is 0 Å². The lowest BCUT2D eigenvalue weighted by molar-refractivity contribution is 1.00. The Kier molecular flexibility index (Phi) is 2.28. The van der Waals surface area contributed by atoms with Crippen LogP contribution in [0.5, 0.6) is 0 Å². The van der Waals surface area contributed by atoms with Crippen molar-refractivity contribution >= 4 is 0 Å². The molecular weight excluding hydrogens is 168 g/mol. The topological polar surface area (TPSA) is 0 Å². The van der Waals surface area contributed by atoms with Gasteiger partial charge in [0.1, 0.15) is 0 Å². The molecule has 1 aliphatic carbocycles. The summed E-state index contributed by atoms with van der Waals surface area (Å²) in [6, 6.07) is 10.7. The molecule has 0 nitrogen and oxygen atoms in total. The second-order valence-electron chi connectivity index (χ2n) is 4.05. The molecule has 1 aliphatic rings. The normalized spacial score (nSPS) is 21.4. The number of rotatable bonds is 1. The fourth-order valence-corrected chi connectivity index (χ4v) is 2.05. The summed E-state index contributed by atoms with van der Waals surface area (Å²) >= 11 is 0. The summed E-state index contributed by atoms with van der Waals surface area (Å²) in [6.45, 7) is 6.64. The minimum atomic E-state index is 0.510. The van der Waals surface area contributed by atoms with Crippen molar-refractivity contribution in [3.05, 3.63) is 58.7 Å². The molecule has 1 aromatic carbocycles. The molecule has 0 radical (unpaired) electrons. The molecule has 0 fully saturated rings. The van der Waals surface area contributed by atoms with Crippen molar-refractivity contribution in [2.75, 3.05) is 0 Å². The molecule has 1 aromatic rings. The maximum atomic E-state index is 2.36. The van der Waals surface area contributed by atoms with E-state index in [1.165, 1.54) is 22.3 Å². The van der Waals surface area contributed by atoms with Gasteiger partial charge in [-0.2, -0.15) is 0 Å². The number of benzene rings is 1. The molecule has 72 valence electrons. The van der Waals surface area contributed by atoms with Gasteiger partial charge in [-0.1, -0.05) is 47.6 Å². The molecule has 1 atom stereocenters. The summed E-state index contributed by atoms with van der Waals surface area (Å²) in [5.74, 6) is 0.510. The van der Waals surface area contributed by atoms with Gasteiger partial charge in [0.15, 0.2) is 0 Å². The molecule has 0 bridgehead atoms. The van der Waals surface area contributed by atoms with E-state index in [0.29, 0.717) is 5.92 Å². The van der Waals surface area contributed by atoms with Gasteiger partial charge >= 0.3 is 0 Å². The third kappa shape index (κ3) is 1.41. The number of allylic oxidation sites excluding steroid dienone is 4. The first-order valence-electron chi connectivity index (χ1n) is 5.11. The highest BCUT2D eigenvalue weighted by molar-refractivity contribution is 5.48. The molecule has 14 heavy (non-hydrogen) atoms. The Morgan fingerprint density at radius 2 is 1.57 bits per heavy atom. The largest absolute Gasteiger partial charge is 0.0698 e. The third-order valence-electron chi connectivity index (χ3n) is 3.22. The van der Waals surface area contributed by atoms with E-state index >= 15 is 0 Å². The van der Waals surface area contributed by atoms with Crippen molar-refractivity contribution in [2.45, 2.75) is 26.7 Å². The van der Waals surface area contributed by atoms with Gasteiger partial charge in [-0.05, 0) is 31.9 Å². The van der Waals surface area contributed by atoms with E-state index < -0.39 is 0 Å². The predicted molar refractivity (Wildman–Crippen MR) is 61.3 cm³/mol. The lowest BCUT2D eigenvalue weighted by Crippen LogP contribution is -1.93. The molecular formula is C14H16. The molecule has 0 amide bonds. The highest BCUT2D eigenvalue weighted by atomic mass is 14.2. The number of hydrogen-bond donors (Lipinski definition) is 0. The monoisotopic (exact) mass is 184 g/mol. The molecule has 0 aliphatic heterocycles. The van der Waals surface area contributed by atoms with Crippen LogP contribution in [-0.2, 0) is 0 Å². The van der Waals surface area contributed by atoms with E-state index in [1.807, 2.05) is 0 Å². The third-order valence-corrected chi connectivity index (χ3v) is 3.22. The van der Waals surface area contributed by atoms with Gasteiger partial charge < -0.3 is 0 Å². The Morgan fingerprint density at radius 3 is 2.07 bits per heavy atom. The van der Waals surface area contributed by atoms with Crippen molar-refractivity contribution in [2.24, 2.45) is 0 Å². The van der Waals surface area contributed by atoms with Gasteiger partial charge in [0, 0.05) is 5.92 Å². The standard InChI is InChI=1S/C14H16/c1-10-9-14(12(3)11(10)2)13-7-5-4-6-8-13/h4-9,14H,1-3H3. The van der Waals surface area contributed by atoms with Crippen LogP contribution >= 0.6 is 0 Å². The van der Waals surface area contributed by atoms with Crippen LogP contribution in [0.3, 0.4) is 0 Å². The maximum Gasteiger partial charge on any atom is 0.0237 e. The average molecular weight is 184 g/mol. The molecule has 1 unspecified atom stereocenters. The highest BCUT2D eigenvalue weighted by Crippen LogP contribution is 2.36. The first-order valence-corrected chi connectivity index (χ1v) is 5.11. The molecule has 0 aromatic heterocycles. The lowest BCUT2D eigenvalue weighted by Gasteiger charge is -2.10. The molecule has 2 rings (SSSR count). The Balaban J connectivity index is 2.41. The summed E-state index contributed by atoms with van der Waals surface area (Å²) < 4.78 is 0. The van der Waals surface area contributed by atoms with E-state index in [0.717, 1.165) is 0 Å². The van der Waals surface area contributed by atoms with E-state index in [2.05, 4.69) is 57.2 Å². The van der Waals surface area contributed by atoms with Crippen molar-refractivity contribution in [3.63, 3.8) is 0 Å². The van der Waals surface area contributed by atoms with Crippen LogP contribution in [0.25, 0.3) is 0 Å². The highest BCUT2D eigenvalue weighted by Gasteiger charge is 2.19. The van der Waals surface area contributed by atoms with E-state index in [4.69, 9.17) is 0 Å². The first kappa shape index (κ1) is 9.26. The second kappa shape index (κ2) is 3.45. The Bertz CT molecular complexity index is 393. The van der Waals surface area contributed by atoms with Gasteiger partial charge in [-0.3, -0.25) is 0 Å². The SMILES string of the molecule is CC1=CC(c2ccccc2)C(C)=C1C. The van der Waals surface area contributed by atoms with Crippen LogP contribution < -0.4 is 0 Å². The smallest absolute Gasteiger partial charge is 0.0237 e. The predicted octanol–water partition coefficient (Wildman–Crippen LogP) is 4.07. The zero-order valence-corrected chi connectivity index (χ0v) is 9.04. The van der Waals surface area contributed by atoms with Crippen molar-refractivity contribution < 1.29 is 0 Å². The van der Waals surface area contributed by atoms with E-state index in [1.54, 1.807) is 0 Å². The fraction of sp³-hybridized carbons (Fsp3) is 0.286. The first-order chi connectivity index (χ1) is 6.70. The summed E-state index contributed by atoms with van der Waals surface area (Å²) in [7, 11) is 0. The molecule has 0 heteroatoms. The van der Waals surface area contributed by atoms with Crippen LogP contribution in [-0.4, -0.2) is 0 Å². The van der Waals surface area contributed by atoms with Crippen LogP contribution in [0.15, 0.2) is 53.1 Å². The van der Waals surface area contributed by atoms with Crippen LogP contribution in [0.1, 0.15) is 32.3 Å². The summed E-state index contributed by atoms with van der Waals surface area (Å²) in [5.41, 5.74) is 5.78. The number of hydrogen-bond acceptors (Lipinski definition) is 0. The van der Waals surface area contributed by atoms with E-state index in [-0.39, 0.29) is 0 Å². The summed E-state index contributed by atoms with van der Waals surface area (Å²) in [6.07, 6.45) is 2.36. The maximum absolute atomic E-state index is 2.36. The van der Waals surface area contributed by atoms with E-state index in [9.17, 15) is 0 Å². The van der Waals surface area contributed by atoms with Crippen LogP contribution in [0, 0.1) is 0 Å². The lowest BCUT2D eigenvalue weighted by atomic mass is 9.94. The van der Waals surface area contributed by atoms with Crippen molar-refractivity contribution in [1.29, 1.82) is 0 Å². The molecule has 0 heterocycles. The Morgan fingerprint density at radius 1 is 0.929 bits per heavy atom. The molecule has 0 saturated carbocycles. The van der Waals surface area contributed by atoms with Crippen LogP contribution in [0.4, 0.5) is 0 Å². The van der Waals surface area contributed by atoms with Gasteiger partial charge in [0.25, 0.3) is 0 Å².